The van der Waals surface area contributed by atoms with Crippen molar-refractivity contribution in [2.45, 2.75) is 6.18 Å². The minimum atomic E-state index is -4.63. The summed E-state index contributed by atoms with van der Waals surface area (Å²) in [5.41, 5.74) is -0.633. The van der Waals surface area contributed by atoms with Gasteiger partial charge in [-0.3, -0.25) is 4.79 Å². The highest BCUT2D eigenvalue weighted by Crippen LogP contribution is 2.35. The molecule has 0 spiro atoms. The van der Waals surface area contributed by atoms with E-state index in [0.717, 1.165) is 18.2 Å². The molecule has 4 aromatic rings. The van der Waals surface area contributed by atoms with Crippen LogP contribution in [0.15, 0.2) is 71.8 Å². The molecule has 1 heterocycles. The molecule has 192 valence electrons. The number of aliphatic hydroxyl groups excluding tert-OH is 1. The van der Waals surface area contributed by atoms with Crippen LogP contribution in [0.5, 0.6) is 17.2 Å². The highest BCUT2D eigenvalue weighted by molar-refractivity contribution is 6.00. The summed E-state index contributed by atoms with van der Waals surface area (Å²) < 4.78 is 51.8. The van der Waals surface area contributed by atoms with Crippen LogP contribution in [0.25, 0.3) is 10.9 Å². The van der Waals surface area contributed by atoms with Gasteiger partial charge in [0, 0.05) is 18.8 Å². The Bertz CT molecular complexity index is 1500. The average molecular weight is 514 g/mol. The van der Waals surface area contributed by atoms with Crippen LogP contribution in [0.3, 0.4) is 0 Å². The van der Waals surface area contributed by atoms with Crippen LogP contribution in [0.1, 0.15) is 5.56 Å². The summed E-state index contributed by atoms with van der Waals surface area (Å²) >= 11 is 0. The van der Waals surface area contributed by atoms with E-state index in [0.29, 0.717) is 22.4 Å². The second kappa shape index (κ2) is 10.6. The van der Waals surface area contributed by atoms with E-state index in [9.17, 15) is 22.8 Å². The maximum atomic E-state index is 13.1. The molecule has 0 radical (unpaired) electrons. The van der Waals surface area contributed by atoms with E-state index < -0.39 is 17.8 Å². The van der Waals surface area contributed by atoms with Gasteiger partial charge in [0.05, 0.1) is 35.1 Å². The van der Waals surface area contributed by atoms with Gasteiger partial charge in [-0.1, -0.05) is 6.07 Å². The highest BCUT2D eigenvalue weighted by atomic mass is 19.4. The number of carbonyl (C=O) groups excluding carboxylic acids is 1. The lowest BCUT2D eigenvalue weighted by molar-refractivity contribution is -0.137. The minimum Gasteiger partial charge on any atom is -0.489 e. The predicted molar refractivity (Wildman–Crippen MR) is 130 cm³/mol. The van der Waals surface area contributed by atoms with Gasteiger partial charge < -0.3 is 29.8 Å². The first-order valence-corrected chi connectivity index (χ1v) is 10.9. The van der Waals surface area contributed by atoms with E-state index in [1.165, 1.54) is 17.0 Å². The number of hydrogen-bond donors (Lipinski definition) is 3. The first-order chi connectivity index (χ1) is 17.6. The summed E-state index contributed by atoms with van der Waals surface area (Å²) in [4.78, 5) is 29.1. The second-order valence-corrected chi connectivity index (χ2v) is 7.83. The van der Waals surface area contributed by atoms with Crippen LogP contribution in [0.4, 0.5) is 29.3 Å². The van der Waals surface area contributed by atoms with Crippen molar-refractivity contribution in [1.29, 1.82) is 0 Å². The number of rotatable bonds is 7. The van der Waals surface area contributed by atoms with E-state index in [4.69, 9.17) is 14.6 Å². The smallest absolute Gasteiger partial charge is 0.416 e. The summed E-state index contributed by atoms with van der Waals surface area (Å²) in [7, 11) is 1.59. The quantitative estimate of drug-likeness (QED) is 0.328. The standard InChI is InChI=1S/C25H21F3N4O5/c1-32-14-29-20-7-6-18(13-19(20)23(32)34)37-17-4-2-3-16(12-17)30-24(35)31-21-11-15(25(26,27)28)5-8-22(21)36-10-9-33/h2-8,11-14,33H,9-10H2,1H3,(H2,30,31,35). The molecule has 0 bridgehead atoms. The molecular formula is C25H21F3N4O5. The predicted octanol–water partition coefficient (Wildman–Crippen LogP) is 4.76. The average Bonchev–Trinajstić information content (AvgIpc) is 2.85. The summed E-state index contributed by atoms with van der Waals surface area (Å²) in [6.07, 6.45) is -3.20. The van der Waals surface area contributed by atoms with Crippen LogP contribution in [-0.4, -0.2) is 33.9 Å². The van der Waals surface area contributed by atoms with Gasteiger partial charge in [0.15, 0.2) is 0 Å². The number of urea groups is 1. The first kappa shape index (κ1) is 25.5. The lowest BCUT2D eigenvalue weighted by atomic mass is 10.2. The van der Waals surface area contributed by atoms with Crippen molar-refractivity contribution in [2.75, 3.05) is 23.8 Å². The van der Waals surface area contributed by atoms with Gasteiger partial charge in [-0.25, -0.2) is 9.78 Å². The van der Waals surface area contributed by atoms with E-state index in [-0.39, 0.29) is 35.9 Å². The van der Waals surface area contributed by atoms with Crippen LogP contribution < -0.4 is 25.7 Å². The zero-order valence-electron chi connectivity index (χ0n) is 19.4. The second-order valence-electron chi connectivity index (χ2n) is 7.83. The molecule has 9 nitrogen and oxygen atoms in total. The third-order valence-corrected chi connectivity index (χ3v) is 5.12. The number of anilines is 2. The summed E-state index contributed by atoms with van der Waals surface area (Å²) in [6.45, 7) is -0.528. The molecule has 0 unspecified atom stereocenters. The number of aryl methyl sites for hydroxylation is 1. The molecule has 3 N–H and O–H groups in total. The van der Waals surface area contributed by atoms with Gasteiger partial charge in [-0.15, -0.1) is 0 Å². The lowest BCUT2D eigenvalue weighted by Gasteiger charge is -2.15. The van der Waals surface area contributed by atoms with Crippen molar-refractivity contribution in [1.82, 2.24) is 9.55 Å². The molecule has 0 saturated heterocycles. The number of carbonyl (C=O) groups is 1. The lowest BCUT2D eigenvalue weighted by Crippen LogP contribution is -2.20. The molecule has 2 amide bonds. The number of aliphatic hydroxyl groups is 1. The van der Waals surface area contributed by atoms with E-state index in [1.807, 2.05) is 0 Å². The Balaban J connectivity index is 1.50. The normalized spacial score (nSPS) is 11.3. The van der Waals surface area contributed by atoms with Gasteiger partial charge in [-0.2, -0.15) is 13.2 Å². The molecule has 0 aliphatic rings. The maximum absolute atomic E-state index is 13.1. The summed E-state index contributed by atoms with van der Waals surface area (Å²) in [5.74, 6) is 0.670. The van der Waals surface area contributed by atoms with Crippen LogP contribution in [0.2, 0.25) is 0 Å². The largest absolute Gasteiger partial charge is 0.489 e. The molecule has 3 aromatic carbocycles. The molecule has 0 fully saturated rings. The Labute approximate surface area is 208 Å². The zero-order chi connectivity index (χ0) is 26.6. The number of aromatic nitrogens is 2. The summed E-state index contributed by atoms with van der Waals surface area (Å²) in [5, 5.41) is 14.2. The van der Waals surface area contributed by atoms with Crippen molar-refractivity contribution in [2.24, 2.45) is 7.05 Å². The Morgan fingerprint density at radius 1 is 1.05 bits per heavy atom. The number of ether oxygens (including phenoxy) is 2. The fraction of sp³-hybridized carbons (Fsp3) is 0.160. The third kappa shape index (κ3) is 6.16. The Morgan fingerprint density at radius 2 is 1.84 bits per heavy atom. The van der Waals surface area contributed by atoms with E-state index >= 15 is 0 Å². The zero-order valence-corrected chi connectivity index (χ0v) is 19.4. The van der Waals surface area contributed by atoms with Crippen LogP contribution in [-0.2, 0) is 13.2 Å². The van der Waals surface area contributed by atoms with E-state index in [1.54, 1.807) is 43.4 Å². The summed E-state index contributed by atoms with van der Waals surface area (Å²) in [6, 6.07) is 12.9. The molecule has 1 aromatic heterocycles. The maximum Gasteiger partial charge on any atom is 0.416 e. The van der Waals surface area contributed by atoms with Crippen molar-refractivity contribution in [3.8, 4) is 17.2 Å². The van der Waals surface area contributed by atoms with Gasteiger partial charge in [0.2, 0.25) is 0 Å². The fourth-order valence-electron chi connectivity index (χ4n) is 3.40. The van der Waals surface area contributed by atoms with Crippen molar-refractivity contribution >= 4 is 28.3 Å². The van der Waals surface area contributed by atoms with Gasteiger partial charge in [0.1, 0.15) is 23.9 Å². The molecule has 37 heavy (non-hydrogen) atoms. The topological polar surface area (TPSA) is 115 Å². The Morgan fingerprint density at radius 3 is 2.59 bits per heavy atom. The van der Waals surface area contributed by atoms with E-state index in [2.05, 4.69) is 15.6 Å². The van der Waals surface area contributed by atoms with Crippen LogP contribution >= 0.6 is 0 Å². The molecule has 0 atom stereocenters. The van der Waals surface area contributed by atoms with Gasteiger partial charge in [0.25, 0.3) is 5.56 Å². The molecule has 12 heteroatoms. The highest BCUT2D eigenvalue weighted by Gasteiger charge is 2.31. The number of nitrogens with one attached hydrogen (secondary N) is 2. The Kier molecular flexibility index (Phi) is 7.30. The van der Waals surface area contributed by atoms with Gasteiger partial charge >= 0.3 is 12.2 Å². The molecule has 4 rings (SSSR count). The SMILES string of the molecule is Cn1cnc2ccc(Oc3cccc(NC(=O)Nc4cc(C(F)(F)F)ccc4OCCO)c3)cc2c1=O. The number of alkyl halides is 3. The van der Waals surface area contributed by atoms with Crippen molar-refractivity contribution < 1.29 is 32.5 Å². The van der Waals surface area contributed by atoms with Crippen molar-refractivity contribution in [3.63, 3.8) is 0 Å². The fourth-order valence-corrected chi connectivity index (χ4v) is 3.40. The molecule has 0 saturated carbocycles. The molecule has 0 aliphatic heterocycles. The minimum absolute atomic E-state index is 0.0359. The van der Waals surface area contributed by atoms with Gasteiger partial charge in [-0.05, 0) is 48.5 Å². The number of amides is 2. The number of nitrogens with zero attached hydrogens (tertiary/aromatic N) is 2. The number of fused-ring (bicyclic) bond motifs is 1. The number of hydrogen-bond acceptors (Lipinski definition) is 6. The van der Waals surface area contributed by atoms with Crippen molar-refractivity contribution in [3.05, 3.63) is 82.9 Å². The molecule has 0 aliphatic carbocycles. The van der Waals surface area contributed by atoms with Crippen LogP contribution in [0, 0.1) is 0 Å². The number of halogens is 3. The number of benzene rings is 3. The first-order valence-electron chi connectivity index (χ1n) is 10.9. The molecular weight excluding hydrogens is 493 g/mol. The monoisotopic (exact) mass is 514 g/mol. The Hall–Kier alpha value is -4.58. The third-order valence-electron chi connectivity index (χ3n) is 5.12.